The van der Waals surface area contributed by atoms with Crippen LogP contribution < -0.4 is 5.73 Å². The summed E-state index contributed by atoms with van der Waals surface area (Å²) >= 11 is 0. The minimum atomic E-state index is -4.12. The molecule has 21 heavy (non-hydrogen) atoms. The van der Waals surface area contributed by atoms with Crippen molar-refractivity contribution in [2.45, 2.75) is 43.9 Å². The van der Waals surface area contributed by atoms with Gasteiger partial charge in [-0.1, -0.05) is 6.07 Å². The van der Waals surface area contributed by atoms with Gasteiger partial charge in [0, 0.05) is 24.9 Å². The molecule has 0 spiro atoms. The Morgan fingerprint density at radius 2 is 1.95 bits per heavy atom. The number of rotatable bonds is 4. The van der Waals surface area contributed by atoms with Gasteiger partial charge in [-0.25, -0.2) is 0 Å². The molecule has 118 valence electrons. The van der Waals surface area contributed by atoms with Crippen LogP contribution in [0.5, 0.6) is 0 Å². The molecule has 0 saturated heterocycles. The van der Waals surface area contributed by atoms with Crippen LogP contribution >= 0.6 is 0 Å². The minimum Gasteiger partial charge on any atom is -0.392 e. The fourth-order valence-corrected chi connectivity index (χ4v) is 3.18. The maximum Gasteiger partial charge on any atom is 0.391 e. The number of pyridine rings is 1. The summed E-state index contributed by atoms with van der Waals surface area (Å²) in [4.78, 5) is 4.01. The quantitative estimate of drug-likeness (QED) is 0.899. The van der Waals surface area contributed by atoms with Gasteiger partial charge in [-0.2, -0.15) is 13.2 Å². The third-order valence-electron chi connectivity index (χ3n) is 4.50. The fourth-order valence-electron chi connectivity index (χ4n) is 3.18. The number of aromatic nitrogens is 1. The average molecular weight is 302 g/mol. The summed E-state index contributed by atoms with van der Waals surface area (Å²) in [5.41, 5.74) is 6.58. The van der Waals surface area contributed by atoms with Crippen LogP contribution in [0.3, 0.4) is 0 Å². The van der Waals surface area contributed by atoms with E-state index in [0.717, 1.165) is 5.56 Å². The number of halogens is 3. The molecule has 2 unspecified atom stereocenters. The number of nitrogens with two attached hydrogens (primary N) is 1. The third-order valence-corrected chi connectivity index (χ3v) is 4.50. The molecule has 2 rings (SSSR count). The molecule has 0 amide bonds. The first-order valence-electron chi connectivity index (χ1n) is 7.28. The van der Waals surface area contributed by atoms with Gasteiger partial charge < -0.3 is 10.8 Å². The average Bonchev–Trinajstić information content (AvgIpc) is 2.48. The normalized spacial score (nSPS) is 26.3. The molecular formula is C15H21F3N2O. The Hall–Kier alpha value is -1.14. The monoisotopic (exact) mass is 302 g/mol. The minimum absolute atomic E-state index is 0.0928. The lowest BCUT2D eigenvalue weighted by Crippen LogP contribution is -2.37. The summed E-state index contributed by atoms with van der Waals surface area (Å²) in [6.45, 7) is 0.256. The molecule has 1 aliphatic rings. The number of alkyl halides is 3. The lowest BCUT2D eigenvalue weighted by Gasteiger charge is -2.35. The van der Waals surface area contributed by atoms with Crippen LogP contribution in [0, 0.1) is 11.8 Å². The predicted molar refractivity (Wildman–Crippen MR) is 73.5 cm³/mol. The van der Waals surface area contributed by atoms with Gasteiger partial charge in [0.2, 0.25) is 0 Å². The highest BCUT2D eigenvalue weighted by molar-refractivity contribution is 5.17. The highest BCUT2D eigenvalue weighted by atomic mass is 19.4. The lowest BCUT2D eigenvalue weighted by atomic mass is 9.75. The molecule has 1 heterocycles. The van der Waals surface area contributed by atoms with Crippen molar-refractivity contribution in [1.82, 2.24) is 4.98 Å². The number of aliphatic hydroxyl groups is 1. The zero-order valence-corrected chi connectivity index (χ0v) is 11.8. The highest BCUT2D eigenvalue weighted by Gasteiger charge is 2.43. The summed E-state index contributed by atoms with van der Waals surface area (Å²) in [6.07, 6.45) is -0.574. The molecule has 1 aliphatic carbocycles. The van der Waals surface area contributed by atoms with Gasteiger partial charge in [0.15, 0.2) is 0 Å². The van der Waals surface area contributed by atoms with Crippen LogP contribution in [0.15, 0.2) is 24.5 Å². The standard InChI is InChI=1S/C15H21F3N2O/c16-15(17,18)12-5-3-10(4-6-12)14(21)13(8-19)11-2-1-7-20-9-11/h1-2,7,9-10,12-14,21H,3-6,8,19H2. The molecule has 0 aromatic carbocycles. The largest absolute Gasteiger partial charge is 0.392 e. The van der Waals surface area contributed by atoms with Crippen LogP contribution in [0.4, 0.5) is 13.2 Å². The molecule has 0 aliphatic heterocycles. The zero-order chi connectivity index (χ0) is 15.5. The first-order valence-corrected chi connectivity index (χ1v) is 7.28. The van der Waals surface area contributed by atoms with E-state index in [0.29, 0.717) is 12.8 Å². The zero-order valence-electron chi connectivity index (χ0n) is 11.8. The fraction of sp³-hybridized carbons (Fsp3) is 0.667. The second kappa shape index (κ2) is 6.75. The maximum absolute atomic E-state index is 12.7. The Balaban J connectivity index is 1.99. The number of aliphatic hydroxyl groups excluding tert-OH is 1. The van der Waals surface area contributed by atoms with Gasteiger partial charge in [0.1, 0.15) is 0 Å². The number of nitrogens with zero attached hydrogens (tertiary/aromatic N) is 1. The second-order valence-corrected chi connectivity index (χ2v) is 5.77. The Labute approximate surface area is 122 Å². The Kier molecular flexibility index (Phi) is 5.22. The number of hydrogen-bond acceptors (Lipinski definition) is 3. The molecule has 3 N–H and O–H groups in total. The van der Waals surface area contributed by atoms with E-state index in [1.165, 1.54) is 0 Å². The molecule has 2 atom stereocenters. The van der Waals surface area contributed by atoms with Crippen LogP contribution in [0.25, 0.3) is 0 Å². The predicted octanol–water partition coefficient (Wildman–Crippen LogP) is 2.85. The molecule has 0 bridgehead atoms. The van der Waals surface area contributed by atoms with E-state index in [9.17, 15) is 18.3 Å². The van der Waals surface area contributed by atoms with Crippen molar-refractivity contribution in [1.29, 1.82) is 0 Å². The van der Waals surface area contributed by atoms with E-state index >= 15 is 0 Å². The van der Waals surface area contributed by atoms with Gasteiger partial charge in [0.05, 0.1) is 12.0 Å². The SMILES string of the molecule is NCC(c1cccnc1)C(O)C1CCC(C(F)(F)F)CC1. The van der Waals surface area contributed by atoms with E-state index in [1.807, 2.05) is 6.07 Å². The number of hydrogen-bond donors (Lipinski definition) is 2. The Bertz CT molecular complexity index is 430. The van der Waals surface area contributed by atoms with Crippen molar-refractivity contribution in [3.8, 4) is 0 Å². The lowest BCUT2D eigenvalue weighted by molar-refractivity contribution is -0.186. The van der Waals surface area contributed by atoms with Crippen molar-refractivity contribution >= 4 is 0 Å². The highest BCUT2D eigenvalue weighted by Crippen LogP contribution is 2.42. The smallest absolute Gasteiger partial charge is 0.391 e. The summed E-state index contributed by atoms with van der Waals surface area (Å²) in [5.74, 6) is -1.63. The van der Waals surface area contributed by atoms with E-state index in [1.54, 1.807) is 18.5 Å². The van der Waals surface area contributed by atoms with Crippen LogP contribution in [0.1, 0.15) is 37.2 Å². The summed E-state index contributed by atoms with van der Waals surface area (Å²) in [7, 11) is 0. The summed E-state index contributed by atoms with van der Waals surface area (Å²) < 4.78 is 38.0. The summed E-state index contributed by atoms with van der Waals surface area (Å²) in [6, 6.07) is 3.61. The molecular weight excluding hydrogens is 281 g/mol. The van der Waals surface area contributed by atoms with Crippen molar-refractivity contribution < 1.29 is 18.3 Å². The molecule has 1 aromatic rings. The van der Waals surface area contributed by atoms with Crippen molar-refractivity contribution in [3.63, 3.8) is 0 Å². The molecule has 1 aromatic heterocycles. The maximum atomic E-state index is 12.7. The molecule has 0 radical (unpaired) electrons. The molecule has 1 fully saturated rings. The van der Waals surface area contributed by atoms with Gasteiger partial charge in [-0.05, 0) is 43.2 Å². The van der Waals surface area contributed by atoms with Gasteiger partial charge in [-0.15, -0.1) is 0 Å². The van der Waals surface area contributed by atoms with Crippen molar-refractivity contribution in [2.24, 2.45) is 17.6 Å². The Morgan fingerprint density at radius 3 is 2.43 bits per heavy atom. The molecule has 6 heteroatoms. The van der Waals surface area contributed by atoms with Gasteiger partial charge in [0.25, 0.3) is 0 Å². The van der Waals surface area contributed by atoms with E-state index < -0.39 is 18.2 Å². The first kappa shape index (κ1) is 16.2. The first-order chi connectivity index (χ1) is 9.93. The second-order valence-electron chi connectivity index (χ2n) is 5.77. The third kappa shape index (κ3) is 3.95. The van der Waals surface area contributed by atoms with E-state index in [-0.39, 0.29) is 31.2 Å². The van der Waals surface area contributed by atoms with Crippen LogP contribution in [-0.4, -0.2) is 28.9 Å². The van der Waals surface area contributed by atoms with E-state index in [2.05, 4.69) is 4.98 Å². The molecule has 1 saturated carbocycles. The topological polar surface area (TPSA) is 59.1 Å². The van der Waals surface area contributed by atoms with Crippen LogP contribution in [-0.2, 0) is 0 Å². The van der Waals surface area contributed by atoms with Crippen molar-refractivity contribution in [3.05, 3.63) is 30.1 Å². The van der Waals surface area contributed by atoms with Crippen LogP contribution in [0.2, 0.25) is 0 Å². The van der Waals surface area contributed by atoms with Crippen molar-refractivity contribution in [2.75, 3.05) is 6.54 Å². The molecule has 3 nitrogen and oxygen atoms in total. The summed E-state index contributed by atoms with van der Waals surface area (Å²) in [5, 5.41) is 10.5. The van der Waals surface area contributed by atoms with E-state index in [4.69, 9.17) is 5.73 Å². The van der Waals surface area contributed by atoms with Gasteiger partial charge in [-0.3, -0.25) is 4.98 Å². The van der Waals surface area contributed by atoms with Gasteiger partial charge >= 0.3 is 6.18 Å². The Morgan fingerprint density at radius 1 is 1.29 bits per heavy atom.